The van der Waals surface area contributed by atoms with Crippen LogP contribution in [0, 0.1) is 11.8 Å². The zero-order chi connectivity index (χ0) is 11.4. The molecule has 1 aliphatic heterocycles. The van der Waals surface area contributed by atoms with E-state index in [-0.39, 0.29) is 11.8 Å². The Morgan fingerprint density at radius 3 is 2.62 bits per heavy atom. The molecule has 3 nitrogen and oxygen atoms in total. The van der Waals surface area contributed by atoms with Crippen LogP contribution in [0.2, 0.25) is 0 Å². The van der Waals surface area contributed by atoms with Gasteiger partial charge in [0, 0.05) is 12.6 Å². The summed E-state index contributed by atoms with van der Waals surface area (Å²) < 4.78 is 0. The maximum atomic E-state index is 11.9. The second-order valence-electron chi connectivity index (χ2n) is 5.39. The molecule has 3 heteroatoms. The molecule has 2 N–H and O–H groups in total. The average Bonchev–Trinajstić information content (AvgIpc) is 2.74. The second kappa shape index (κ2) is 5.67. The molecule has 0 radical (unpaired) electrons. The third-order valence-electron chi connectivity index (χ3n) is 4.15. The van der Waals surface area contributed by atoms with E-state index in [4.69, 9.17) is 0 Å². The van der Waals surface area contributed by atoms with Gasteiger partial charge in [-0.25, -0.2) is 0 Å². The highest BCUT2D eigenvalue weighted by Crippen LogP contribution is 2.23. The molecule has 16 heavy (non-hydrogen) atoms. The van der Waals surface area contributed by atoms with Gasteiger partial charge < -0.3 is 10.6 Å². The molecular weight excluding hydrogens is 200 g/mol. The van der Waals surface area contributed by atoms with E-state index in [2.05, 4.69) is 17.6 Å². The summed E-state index contributed by atoms with van der Waals surface area (Å²) in [6.07, 6.45) is 7.69. The summed E-state index contributed by atoms with van der Waals surface area (Å²) in [5.74, 6) is 1.20. The lowest BCUT2D eigenvalue weighted by molar-refractivity contribution is -0.125. The van der Waals surface area contributed by atoms with Crippen LogP contribution in [-0.4, -0.2) is 25.0 Å². The molecule has 2 fully saturated rings. The highest BCUT2D eigenvalue weighted by atomic mass is 16.1. The molecule has 0 aromatic carbocycles. The number of nitrogens with one attached hydrogen (secondary N) is 2. The van der Waals surface area contributed by atoms with Crippen LogP contribution in [0.4, 0.5) is 0 Å². The van der Waals surface area contributed by atoms with Crippen LogP contribution in [0.15, 0.2) is 0 Å². The predicted octanol–water partition coefficient (Wildman–Crippen LogP) is 1.68. The fourth-order valence-electron chi connectivity index (χ4n) is 2.98. The summed E-state index contributed by atoms with van der Waals surface area (Å²) in [4.78, 5) is 11.9. The normalized spacial score (nSPS) is 31.6. The van der Waals surface area contributed by atoms with E-state index in [1.807, 2.05) is 0 Å². The molecule has 1 saturated heterocycles. The summed E-state index contributed by atoms with van der Waals surface area (Å²) in [6.45, 7) is 4.00. The minimum absolute atomic E-state index is 0.198. The standard InChI is InChI=1S/C13H24N2O/c1-10-12(7-8-14-10)13(16)15-9-11-5-3-2-4-6-11/h10-12,14H,2-9H2,1H3,(H,15,16). The maximum Gasteiger partial charge on any atom is 0.224 e. The Morgan fingerprint density at radius 2 is 2.00 bits per heavy atom. The van der Waals surface area contributed by atoms with E-state index < -0.39 is 0 Å². The van der Waals surface area contributed by atoms with Gasteiger partial charge in [-0.1, -0.05) is 19.3 Å². The second-order valence-corrected chi connectivity index (χ2v) is 5.39. The smallest absolute Gasteiger partial charge is 0.224 e. The minimum atomic E-state index is 0.198. The van der Waals surface area contributed by atoms with Crippen molar-refractivity contribution in [2.75, 3.05) is 13.1 Å². The first-order valence-corrected chi connectivity index (χ1v) is 6.78. The summed E-state index contributed by atoms with van der Waals surface area (Å²) in [7, 11) is 0. The zero-order valence-electron chi connectivity index (χ0n) is 10.3. The van der Waals surface area contributed by atoms with Gasteiger partial charge in [0.2, 0.25) is 5.91 Å². The van der Waals surface area contributed by atoms with Crippen molar-refractivity contribution < 1.29 is 4.79 Å². The van der Waals surface area contributed by atoms with E-state index in [9.17, 15) is 4.79 Å². The Balaban J connectivity index is 1.70. The molecule has 2 atom stereocenters. The van der Waals surface area contributed by atoms with Gasteiger partial charge in [-0.15, -0.1) is 0 Å². The van der Waals surface area contributed by atoms with Gasteiger partial charge in [-0.3, -0.25) is 4.79 Å². The van der Waals surface area contributed by atoms with Crippen LogP contribution >= 0.6 is 0 Å². The molecule has 1 aliphatic carbocycles. The fraction of sp³-hybridized carbons (Fsp3) is 0.923. The first kappa shape index (κ1) is 11.9. The van der Waals surface area contributed by atoms with E-state index in [0.717, 1.165) is 25.4 Å². The molecule has 0 bridgehead atoms. The highest BCUT2D eigenvalue weighted by Gasteiger charge is 2.29. The molecular formula is C13H24N2O. The van der Waals surface area contributed by atoms with Gasteiger partial charge in [0.1, 0.15) is 0 Å². The van der Waals surface area contributed by atoms with Crippen molar-refractivity contribution in [3.05, 3.63) is 0 Å². The molecule has 2 unspecified atom stereocenters. The van der Waals surface area contributed by atoms with Crippen molar-refractivity contribution in [2.45, 2.75) is 51.5 Å². The predicted molar refractivity (Wildman–Crippen MR) is 65.2 cm³/mol. The Morgan fingerprint density at radius 1 is 1.25 bits per heavy atom. The van der Waals surface area contributed by atoms with Crippen LogP contribution in [0.25, 0.3) is 0 Å². The molecule has 1 heterocycles. The quantitative estimate of drug-likeness (QED) is 0.766. The van der Waals surface area contributed by atoms with E-state index in [1.165, 1.54) is 32.1 Å². The van der Waals surface area contributed by atoms with Crippen molar-refractivity contribution in [1.29, 1.82) is 0 Å². The van der Waals surface area contributed by atoms with Crippen molar-refractivity contribution in [3.8, 4) is 0 Å². The van der Waals surface area contributed by atoms with Gasteiger partial charge in [-0.2, -0.15) is 0 Å². The largest absolute Gasteiger partial charge is 0.356 e. The lowest BCUT2D eigenvalue weighted by atomic mass is 9.89. The average molecular weight is 224 g/mol. The van der Waals surface area contributed by atoms with Crippen LogP contribution in [0.1, 0.15) is 45.4 Å². The summed E-state index contributed by atoms with van der Waals surface area (Å²) in [5.41, 5.74) is 0. The first-order valence-electron chi connectivity index (χ1n) is 6.78. The monoisotopic (exact) mass is 224 g/mol. The van der Waals surface area contributed by atoms with Crippen molar-refractivity contribution in [1.82, 2.24) is 10.6 Å². The van der Waals surface area contributed by atoms with Gasteiger partial charge in [0.05, 0.1) is 5.92 Å². The lowest BCUT2D eigenvalue weighted by Crippen LogP contribution is -2.39. The Hall–Kier alpha value is -0.570. The number of rotatable bonds is 3. The topological polar surface area (TPSA) is 41.1 Å². The third-order valence-corrected chi connectivity index (χ3v) is 4.15. The molecule has 0 aromatic rings. The van der Waals surface area contributed by atoms with E-state index in [0.29, 0.717) is 6.04 Å². The fourth-order valence-corrected chi connectivity index (χ4v) is 2.98. The van der Waals surface area contributed by atoms with Crippen LogP contribution < -0.4 is 10.6 Å². The number of carbonyl (C=O) groups excluding carboxylic acids is 1. The minimum Gasteiger partial charge on any atom is -0.356 e. The van der Waals surface area contributed by atoms with Gasteiger partial charge in [0.15, 0.2) is 0 Å². The first-order chi connectivity index (χ1) is 7.77. The maximum absolute atomic E-state index is 11.9. The van der Waals surface area contributed by atoms with Crippen LogP contribution in [0.5, 0.6) is 0 Å². The molecule has 0 spiro atoms. The molecule has 2 rings (SSSR count). The zero-order valence-corrected chi connectivity index (χ0v) is 10.3. The van der Waals surface area contributed by atoms with Crippen molar-refractivity contribution in [3.63, 3.8) is 0 Å². The van der Waals surface area contributed by atoms with E-state index >= 15 is 0 Å². The number of amides is 1. The summed E-state index contributed by atoms with van der Waals surface area (Å²) in [6, 6.07) is 0.353. The van der Waals surface area contributed by atoms with Gasteiger partial charge in [-0.05, 0) is 38.6 Å². The SMILES string of the molecule is CC1NCCC1C(=O)NCC1CCCCC1. The lowest BCUT2D eigenvalue weighted by Gasteiger charge is -2.23. The van der Waals surface area contributed by atoms with Crippen LogP contribution in [0.3, 0.4) is 0 Å². The van der Waals surface area contributed by atoms with Crippen molar-refractivity contribution in [2.24, 2.45) is 11.8 Å². The molecule has 0 aromatic heterocycles. The van der Waals surface area contributed by atoms with Crippen molar-refractivity contribution >= 4 is 5.91 Å². The number of carbonyl (C=O) groups is 1. The third kappa shape index (κ3) is 2.97. The van der Waals surface area contributed by atoms with Gasteiger partial charge in [0.25, 0.3) is 0 Å². The molecule has 1 amide bonds. The Kier molecular flexibility index (Phi) is 4.22. The van der Waals surface area contributed by atoms with E-state index in [1.54, 1.807) is 0 Å². The summed E-state index contributed by atoms with van der Waals surface area (Å²) >= 11 is 0. The Bertz CT molecular complexity index is 236. The number of hydrogen-bond acceptors (Lipinski definition) is 2. The highest BCUT2D eigenvalue weighted by molar-refractivity contribution is 5.79. The molecule has 1 saturated carbocycles. The number of hydrogen-bond donors (Lipinski definition) is 2. The summed E-state index contributed by atoms with van der Waals surface area (Å²) in [5, 5.41) is 6.47. The van der Waals surface area contributed by atoms with Crippen LogP contribution in [-0.2, 0) is 4.79 Å². The molecule has 2 aliphatic rings. The Labute approximate surface area is 98.4 Å². The van der Waals surface area contributed by atoms with Gasteiger partial charge >= 0.3 is 0 Å². The molecule has 92 valence electrons.